The minimum absolute atomic E-state index is 0.0865. The average molecular weight is 1000 g/mol. The summed E-state index contributed by atoms with van der Waals surface area (Å²) in [4.78, 5) is 86.6. The molecule has 7 heterocycles. The Morgan fingerprint density at radius 3 is 2.50 bits per heavy atom. The zero-order chi connectivity index (χ0) is 51.9. The van der Waals surface area contributed by atoms with Crippen molar-refractivity contribution in [2.75, 3.05) is 54.0 Å². The minimum Gasteiger partial charge on any atom is -0.464 e. The predicted molar refractivity (Wildman–Crippen MR) is 278 cm³/mol. The maximum Gasteiger partial charge on any atom is 0.324 e. The molecule has 4 amide bonds. The van der Waals surface area contributed by atoms with Gasteiger partial charge in [0.15, 0.2) is 0 Å². The lowest BCUT2D eigenvalue weighted by molar-refractivity contribution is -0.155. The van der Waals surface area contributed by atoms with Crippen LogP contribution < -0.4 is 10.7 Å². The van der Waals surface area contributed by atoms with Gasteiger partial charge >= 0.3 is 5.97 Å². The van der Waals surface area contributed by atoms with Gasteiger partial charge < -0.3 is 29.2 Å². The molecular formula is C55H73N9O7S. The normalized spacial score (nSPS) is 21.4. The number of likely N-dealkylation sites (tertiary alicyclic amines) is 2. The molecule has 8 rings (SSSR count). The van der Waals surface area contributed by atoms with E-state index in [1.165, 1.54) is 16.3 Å². The van der Waals surface area contributed by atoms with E-state index in [0.717, 1.165) is 44.7 Å². The fourth-order valence-corrected chi connectivity index (χ4v) is 11.6. The summed E-state index contributed by atoms with van der Waals surface area (Å²) >= 11 is 1.42. The van der Waals surface area contributed by atoms with Crippen LogP contribution >= 0.6 is 11.3 Å². The number of methoxy groups -OCH3 is 1. The first-order valence-corrected chi connectivity index (χ1v) is 26.5. The minimum atomic E-state index is -1.07. The number of carbonyl (C=O) groups excluding carboxylic acids is 5. The van der Waals surface area contributed by atoms with Crippen LogP contribution in [0.2, 0.25) is 0 Å². The fourth-order valence-electron chi connectivity index (χ4n) is 10.7. The number of piperidine rings is 1. The molecule has 0 radical (unpaired) electrons. The number of thiazole rings is 1. The van der Waals surface area contributed by atoms with Crippen molar-refractivity contribution in [2.45, 2.75) is 137 Å². The number of nitrogens with zero attached hydrogens (tertiary/aromatic N) is 7. The molecule has 1 aromatic carbocycles. The van der Waals surface area contributed by atoms with E-state index in [1.807, 2.05) is 65.1 Å². The Labute approximate surface area is 428 Å². The van der Waals surface area contributed by atoms with E-state index in [1.54, 1.807) is 23.1 Å². The third kappa shape index (κ3) is 10.6. The van der Waals surface area contributed by atoms with Crippen LogP contribution in [0.15, 0.2) is 41.9 Å². The number of hydrogen-bond donors (Lipinski definition) is 2. The summed E-state index contributed by atoms with van der Waals surface area (Å²) in [7, 11) is 5.53. The van der Waals surface area contributed by atoms with Crippen molar-refractivity contribution >= 4 is 51.8 Å². The molecule has 3 fully saturated rings. The molecule has 386 valence electrons. The predicted octanol–water partition coefficient (Wildman–Crippen LogP) is 6.41. The number of aromatic nitrogens is 3. The number of fused-ring (bicyclic) bond motifs is 6. The number of hydrogen-bond acceptors (Lipinski definition) is 12. The largest absolute Gasteiger partial charge is 0.464 e. The smallest absolute Gasteiger partial charge is 0.324 e. The lowest BCUT2D eigenvalue weighted by Crippen LogP contribution is -2.62. The van der Waals surface area contributed by atoms with Gasteiger partial charge in [-0.2, -0.15) is 0 Å². The number of amides is 4. The van der Waals surface area contributed by atoms with Crippen molar-refractivity contribution < 1.29 is 33.4 Å². The Balaban J connectivity index is 1.10. The molecule has 4 aliphatic rings. The van der Waals surface area contributed by atoms with Gasteiger partial charge in [-0.15, -0.1) is 11.3 Å². The number of rotatable bonds is 9. The van der Waals surface area contributed by atoms with E-state index in [2.05, 4.69) is 72.2 Å². The molecule has 2 N–H and O–H groups in total. The summed E-state index contributed by atoms with van der Waals surface area (Å²) < 4.78 is 14.3. The fraction of sp³-hybridized carbons (Fsp3) is 0.582. The number of cyclic esters (lactones) is 1. The third-order valence-corrected chi connectivity index (χ3v) is 16.4. The Bertz CT molecular complexity index is 2780. The van der Waals surface area contributed by atoms with Crippen molar-refractivity contribution in [3.8, 4) is 34.4 Å². The molecule has 0 aliphatic carbocycles. The second-order valence-electron chi connectivity index (χ2n) is 22.0. The van der Waals surface area contributed by atoms with Crippen LogP contribution in [-0.4, -0.2) is 141 Å². The summed E-state index contributed by atoms with van der Waals surface area (Å²) in [5, 5.41) is 8.24. The summed E-state index contributed by atoms with van der Waals surface area (Å²) in [5.41, 5.74) is 8.15. The molecule has 3 aromatic heterocycles. The van der Waals surface area contributed by atoms with Crippen molar-refractivity contribution in [3.63, 3.8) is 0 Å². The molecule has 3 saturated heterocycles. The maximum atomic E-state index is 14.8. The van der Waals surface area contributed by atoms with Crippen LogP contribution in [0, 0.1) is 28.6 Å². The highest BCUT2D eigenvalue weighted by atomic mass is 32.1. The van der Waals surface area contributed by atoms with E-state index >= 15 is 0 Å². The number of carbonyl (C=O) groups is 5. The van der Waals surface area contributed by atoms with E-state index in [4.69, 9.17) is 19.4 Å². The molecule has 4 aliphatic heterocycles. The molecule has 6 bridgehead atoms. The van der Waals surface area contributed by atoms with Crippen molar-refractivity contribution in [1.29, 1.82) is 0 Å². The molecule has 1 spiro atoms. The number of hydrazine groups is 1. The Hall–Kier alpha value is -5.67. The van der Waals surface area contributed by atoms with Crippen LogP contribution in [0.5, 0.6) is 0 Å². The van der Waals surface area contributed by atoms with Gasteiger partial charge in [0.25, 0.3) is 11.8 Å². The van der Waals surface area contributed by atoms with E-state index in [0.29, 0.717) is 76.3 Å². The van der Waals surface area contributed by atoms with Gasteiger partial charge in [-0.25, -0.2) is 10.4 Å². The highest BCUT2D eigenvalue weighted by molar-refractivity contribution is 7.10. The summed E-state index contributed by atoms with van der Waals surface area (Å²) in [5.74, 6) is 3.98. The number of aryl methyl sites for hydroxylation is 1. The van der Waals surface area contributed by atoms with Crippen LogP contribution in [0.4, 0.5) is 0 Å². The van der Waals surface area contributed by atoms with E-state index in [-0.39, 0.29) is 36.9 Å². The number of esters is 1. The topological polar surface area (TPSA) is 172 Å². The van der Waals surface area contributed by atoms with Crippen LogP contribution in [0.1, 0.15) is 110 Å². The van der Waals surface area contributed by atoms with Gasteiger partial charge in [0, 0.05) is 85.3 Å². The summed E-state index contributed by atoms with van der Waals surface area (Å²) in [6.45, 7) is 18.4. The van der Waals surface area contributed by atoms with Gasteiger partial charge in [0.05, 0.1) is 45.8 Å². The van der Waals surface area contributed by atoms with Gasteiger partial charge in [-0.1, -0.05) is 39.7 Å². The average Bonchev–Trinajstić information content (AvgIpc) is 4.05. The van der Waals surface area contributed by atoms with Crippen LogP contribution in [0.3, 0.4) is 0 Å². The van der Waals surface area contributed by atoms with Crippen molar-refractivity contribution in [3.05, 3.63) is 58.2 Å². The first-order valence-electron chi connectivity index (χ1n) is 25.6. The second kappa shape index (κ2) is 21.0. The van der Waals surface area contributed by atoms with Gasteiger partial charge in [-0.3, -0.25) is 38.9 Å². The molecule has 4 atom stereocenters. The molecule has 3 unspecified atom stereocenters. The van der Waals surface area contributed by atoms with Crippen LogP contribution in [-0.2, 0) is 52.8 Å². The third-order valence-electron chi connectivity index (χ3n) is 15.5. The van der Waals surface area contributed by atoms with Crippen LogP contribution in [0.25, 0.3) is 33.4 Å². The molecule has 17 heteroatoms. The summed E-state index contributed by atoms with van der Waals surface area (Å²) in [6, 6.07) is 7.73. The van der Waals surface area contributed by atoms with Gasteiger partial charge in [0.1, 0.15) is 18.1 Å². The number of nitrogens with one attached hydrogen (secondary N) is 2. The Kier molecular flexibility index (Phi) is 15.4. The number of ether oxygens (including phenoxy) is 2. The number of pyridine rings is 1. The monoisotopic (exact) mass is 1000 g/mol. The lowest BCUT2D eigenvalue weighted by atomic mass is 9.77. The van der Waals surface area contributed by atoms with Crippen molar-refractivity contribution in [1.82, 2.24) is 45.0 Å². The quantitative estimate of drug-likeness (QED) is 0.140. The Morgan fingerprint density at radius 1 is 1.07 bits per heavy atom. The number of benzene rings is 1. The van der Waals surface area contributed by atoms with Gasteiger partial charge in [0.2, 0.25) is 11.8 Å². The molecule has 4 aromatic rings. The van der Waals surface area contributed by atoms with Gasteiger partial charge in [-0.05, 0) is 122 Å². The second-order valence-corrected chi connectivity index (χ2v) is 22.9. The SMILES string of the molecule is CCn1c(-c2cccnc2C(C)OC)c2c3cc(ccc31)-c1csc(n1)CC(NC(=O)C(C(C)C)N1CCC3(CCN(C(=O)C#CC(C)(C)N(C)C)CC3)C1=O)C(=O)N1CCC[C@H](N1)C(=O)OCC(C)(C)C2. The molecule has 0 saturated carbocycles. The first-order chi connectivity index (χ1) is 34.2. The highest BCUT2D eigenvalue weighted by Crippen LogP contribution is 2.44. The zero-order valence-corrected chi connectivity index (χ0v) is 44.8. The van der Waals surface area contributed by atoms with Crippen molar-refractivity contribution in [2.24, 2.45) is 16.7 Å². The summed E-state index contributed by atoms with van der Waals surface area (Å²) in [6.07, 6.45) is 4.73. The van der Waals surface area contributed by atoms with E-state index in [9.17, 15) is 24.0 Å². The Morgan fingerprint density at radius 2 is 1.81 bits per heavy atom. The lowest BCUT2D eigenvalue weighted by Gasteiger charge is -2.39. The molecule has 16 nitrogen and oxygen atoms in total. The molecule has 72 heavy (non-hydrogen) atoms. The maximum absolute atomic E-state index is 14.8. The first kappa shape index (κ1) is 52.6. The standard InChI is InChI=1S/C55H73N9O7S/c1-12-62-43-18-17-36-29-38(43)39(48(62)37-15-13-24-56-46(37)35(4)70-11)31-53(5,6)33-71-51(68)40-16-14-25-64(59-40)50(67)41(30-44-57-42(36)32-72-44)58-49(66)47(34(2)3)63-28-23-55(52(63)69)21-26-61(27-22-55)45(65)19-20-54(7,8)60(9)10/h13,15,17-18,24,29,32,34-35,40-41,47,59H,12,14,16,21-23,25-28,30-31,33H2,1-11H3,(H,58,66)/t35?,40-,41?,47?/m0/s1. The zero-order valence-electron chi connectivity index (χ0n) is 44.0. The molecular weight excluding hydrogens is 931 g/mol. The van der Waals surface area contributed by atoms with E-state index < -0.39 is 52.3 Å². The highest BCUT2D eigenvalue weighted by Gasteiger charge is 2.52.